The Morgan fingerprint density at radius 3 is 1.97 bits per heavy atom. The molecule has 4 atom stereocenters. The normalized spacial score (nSPS) is 21.2. The van der Waals surface area contributed by atoms with Crippen LogP contribution in [0.3, 0.4) is 0 Å². The van der Waals surface area contributed by atoms with Crippen LogP contribution in [0.1, 0.15) is 41.5 Å². The van der Waals surface area contributed by atoms with Gasteiger partial charge in [0.25, 0.3) is 0 Å². The summed E-state index contributed by atoms with van der Waals surface area (Å²) in [5, 5.41) is 2.81. The van der Waals surface area contributed by atoms with E-state index in [0.717, 1.165) is 35.0 Å². The number of aromatic nitrogens is 1. The van der Waals surface area contributed by atoms with Crippen molar-refractivity contribution in [3.05, 3.63) is 17.2 Å². The molecule has 1 aliphatic heterocycles. The van der Waals surface area contributed by atoms with E-state index in [0.29, 0.717) is 0 Å². The van der Waals surface area contributed by atoms with E-state index in [1.165, 1.54) is 13.2 Å². The Labute approximate surface area is 200 Å². The van der Waals surface area contributed by atoms with Crippen molar-refractivity contribution in [3.63, 3.8) is 0 Å². The molecule has 0 saturated carbocycles. The average Bonchev–Trinajstić information content (AvgIpc) is 2.80. The van der Waals surface area contributed by atoms with E-state index in [4.69, 9.17) is 33.2 Å². The van der Waals surface area contributed by atoms with Gasteiger partial charge in [0.05, 0.1) is 33.5 Å². The quantitative estimate of drug-likeness (QED) is 0.381. The van der Waals surface area contributed by atoms with Crippen LogP contribution in [0.25, 0.3) is 0 Å². The first-order valence-electron chi connectivity index (χ1n) is 10.2. The largest absolute Gasteiger partial charge is 0.480 e. The highest BCUT2D eigenvalue weighted by atomic mass is 16.6. The second kappa shape index (κ2) is 12.0. The second-order valence-corrected chi connectivity index (χ2v) is 7.12. The van der Waals surface area contributed by atoms with Crippen LogP contribution in [0.5, 0.6) is 5.88 Å². The number of hydrogen-bond donors (Lipinski definition) is 1. The average molecular weight is 498 g/mol. The zero-order valence-corrected chi connectivity index (χ0v) is 19.9. The molecule has 0 aromatic carbocycles. The molecule has 192 valence electrons. The summed E-state index contributed by atoms with van der Waals surface area (Å²) < 4.78 is 36.0. The first-order valence-corrected chi connectivity index (χ1v) is 10.2. The SMILES string of the molecule is COC(=O)c1cc(N[C@@H]2OC[C@@H](OC(C)=O)[C@H](OC(C)=O)[C@H]2OC(C)=O)nc(OC)c1C(=O)OC. The third kappa shape index (κ3) is 6.79. The third-order valence-corrected chi connectivity index (χ3v) is 4.61. The van der Waals surface area contributed by atoms with Crippen molar-refractivity contribution in [1.29, 1.82) is 0 Å². The van der Waals surface area contributed by atoms with Crippen LogP contribution < -0.4 is 10.1 Å². The van der Waals surface area contributed by atoms with Crippen LogP contribution in [-0.2, 0) is 42.8 Å². The maximum atomic E-state index is 12.3. The van der Waals surface area contributed by atoms with E-state index in [2.05, 4.69) is 10.3 Å². The number of nitrogens with one attached hydrogen (secondary N) is 1. The van der Waals surface area contributed by atoms with Gasteiger partial charge < -0.3 is 38.5 Å². The molecule has 2 heterocycles. The fourth-order valence-corrected chi connectivity index (χ4v) is 3.32. The summed E-state index contributed by atoms with van der Waals surface area (Å²) in [4.78, 5) is 63.8. The molecule has 1 N–H and O–H groups in total. The molecule has 1 saturated heterocycles. The van der Waals surface area contributed by atoms with Gasteiger partial charge in [-0.25, -0.2) is 9.59 Å². The molecular formula is C21H26N2O12. The van der Waals surface area contributed by atoms with Gasteiger partial charge in [0, 0.05) is 20.8 Å². The number of esters is 5. The van der Waals surface area contributed by atoms with Gasteiger partial charge in [0.1, 0.15) is 11.4 Å². The number of rotatable bonds is 8. The summed E-state index contributed by atoms with van der Waals surface area (Å²) in [6.07, 6.45) is -4.80. The number of carbonyl (C=O) groups is 5. The van der Waals surface area contributed by atoms with Crippen LogP contribution in [0.2, 0.25) is 0 Å². The van der Waals surface area contributed by atoms with Gasteiger partial charge in [-0.05, 0) is 6.07 Å². The fraction of sp³-hybridized carbons (Fsp3) is 0.524. The summed E-state index contributed by atoms with van der Waals surface area (Å²) in [6, 6.07) is 1.17. The Morgan fingerprint density at radius 1 is 0.886 bits per heavy atom. The van der Waals surface area contributed by atoms with E-state index in [1.54, 1.807) is 0 Å². The van der Waals surface area contributed by atoms with Crippen molar-refractivity contribution in [3.8, 4) is 5.88 Å². The lowest BCUT2D eigenvalue weighted by molar-refractivity contribution is -0.221. The van der Waals surface area contributed by atoms with Crippen molar-refractivity contribution < 1.29 is 57.1 Å². The molecule has 0 aliphatic carbocycles. The summed E-state index contributed by atoms with van der Waals surface area (Å²) >= 11 is 0. The molecule has 14 heteroatoms. The minimum Gasteiger partial charge on any atom is -0.480 e. The summed E-state index contributed by atoms with van der Waals surface area (Å²) in [5.74, 6) is -4.24. The fourth-order valence-electron chi connectivity index (χ4n) is 3.32. The van der Waals surface area contributed by atoms with E-state index in [-0.39, 0.29) is 29.4 Å². The molecule has 1 aliphatic rings. The third-order valence-electron chi connectivity index (χ3n) is 4.61. The van der Waals surface area contributed by atoms with Gasteiger partial charge in [0.2, 0.25) is 5.88 Å². The number of methoxy groups -OCH3 is 3. The van der Waals surface area contributed by atoms with Gasteiger partial charge >= 0.3 is 29.8 Å². The molecule has 0 bridgehead atoms. The Morgan fingerprint density at radius 2 is 1.46 bits per heavy atom. The van der Waals surface area contributed by atoms with Crippen molar-refractivity contribution in [1.82, 2.24) is 4.98 Å². The zero-order valence-electron chi connectivity index (χ0n) is 19.9. The molecule has 1 aromatic heterocycles. The number of hydrogen-bond acceptors (Lipinski definition) is 14. The Hall–Kier alpha value is -3.94. The van der Waals surface area contributed by atoms with Gasteiger partial charge in [-0.15, -0.1) is 0 Å². The van der Waals surface area contributed by atoms with Crippen LogP contribution in [-0.4, -0.2) is 87.3 Å². The van der Waals surface area contributed by atoms with E-state index < -0.39 is 54.4 Å². The van der Waals surface area contributed by atoms with Crippen LogP contribution in [0.15, 0.2) is 6.07 Å². The molecule has 0 unspecified atom stereocenters. The monoisotopic (exact) mass is 498 g/mol. The molecule has 1 fully saturated rings. The number of carbonyl (C=O) groups excluding carboxylic acids is 5. The smallest absolute Gasteiger partial charge is 0.344 e. The number of nitrogens with zero attached hydrogens (tertiary/aromatic N) is 1. The summed E-state index contributed by atoms with van der Waals surface area (Å²) in [7, 11) is 3.45. The lowest BCUT2D eigenvalue weighted by Gasteiger charge is -2.40. The maximum absolute atomic E-state index is 12.3. The van der Waals surface area contributed by atoms with Crippen molar-refractivity contribution in [2.24, 2.45) is 0 Å². The first-order chi connectivity index (χ1) is 16.5. The number of ether oxygens (including phenoxy) is 7. The number of pyridine rings is 1. The first kappa shape index (κ1) is 27.3. The Bertz CT molecular complexity index is 995. The highest BCUT2D eigenvalue weighted by Crippen LogP contribution is 2.29. The van der Waals surface area contributed by atoms with E-state index in [1.807, 2.05) is 0 Å². The molecule has 2 rings (SSSR count). The molecule has 0 spiro atoms. The lowest BCUT2D eigenvalue weighted by atomic mass is 10.0. The number of anilines is 1. The van der Waals surface area contributed by atoms with Gasteiger partial charge in [0.15, 0.2) is 24.5 Å². The molecule has 35 heavy (non-hydrogen) atoms. The molecule has 1 aromatic rings. The minimum atomic E-state index is -1.30. The van der Waals surface area contributed by atoms with E-state index in [9.17, 15) is 24.0 Å². The predicted octanol–water partition coefficient (Wildman–Crippen LogP) is 0.227. The van der Waals surface area contributed by atoms with Gasteiger partial charge in [-0.1, -0.05) is 0 Å². The lowest BCUT2D eigenvalue weighted by Crippen LogP contribution is -2.59. The van der Waals surface area contributed by atoms with Gasteiger partial charge in [-0.2, -0.15) is 4.98 Å². The van der Waals surface area contributed by atoms with Crippen molar-refractivity contribution in [2.45, 2.75) is 45.3 Å². The zero-order chi connectivity index (χ0) is 26.3. The van der Waals surface area contributed by atoms with E-state index >= 15 is 0 Å². The summed E-state index contributed by atoms with van der Waals surface area (Å²) in [6.45, 7) is 3.17. The van der Waals surface area contributed by atoms with Crippen LogP contribution in [0, 0.1) is 0 Å². The van der Waals surface area contributed by atoms with Gasteiger partial charge in [-0.3, -0.25) is 14.4 Å². The summed E-state index contributed by atoms with van der Waals surface area (Å²) in [5.41, 5.74) is -0.510. The molecular weight excluding hydrogens is 472 g/mol. The maximum Gasteiger partial charge on any atom is 0.344 e. The minimum absolute atomic E-state index is 0.0513. The van der Waals surface area contributed by atoms with Crippen molar-refractivity contribution in [2.75, 3.05) is 33.3 Å². The molecule has 14 nitrogen and oxygen atoms in total. The standard InChI is InChI=1S/C21H26N2O12/c1-9(24)33-13-8-32-19(17(35-11(3)26)16(13)34-10(2)25)23-14-7-12(20(27)30-5)15(21(28)31-6)18(22-14)29-4/h7,13,16-17,19H,8H2,1-6H3,(H,22,23)/t13-,16+,17-,19-/m1/s1. The Kier molecular flexibility index (Phi) is 9.34. The van der Waals surface area contributed by atoms with Crippen LogP contribution >= 0.6 is 0 Å². The highest BCUT2D eigenvalue weighted by Gasteiger charge is 2.47. The molecule has 0 radical (unpaired) electrons. The van der Waals surface area contributed by atoms with Crippen molar-refractivity contribution >= 4 is 35.7 Å². The Balaban J connectivity index is 2.51. The predicted molar refractivity (Wildman–Crippen MR) is 113 cm³/mol. The molecule has 0 amide bonds. The van der Waals surface area contributed by atoms with Crippen LogP contribution in [0.4, 0.5) is 5.82 Å². The topological polar surface area (TPSA) is 175 Å². The second-order valence-electron chi connectivity index (χ2n) is 7.12. The highest BCUT2D eigenvalue weighted by molar-refractivity contribution is 6.05.